The van der Waals surface area contributed by atoms with E-state index < -0.39 is 0 Å². The van der Waals surface area contributed by atoms with E-state index >= 15 is 0 Å². The fourth-order valence-corrected chi connectivity index (χ4v) is 4.18. The highest BCUT2D eigenvalue weighted by atomic mass is 32.2. The number of carbonyl (C=O) groups excluding carboxylic acids is 1. The monoisotopic (exact) mass is 340 g/mol. The fraction of sp³-hybridized carbons (Fsp3) is 0.0909. The highest BCUT2D eigenvalue weighted by Crippen LogP contribution is 2.29. The van der Waals surface area contributed by atoms with Crippen molar-refractivity contribution in [2.24, 2.45) is 0 Å². The average molecular weight is 340 g/mol. The van der Waals surface area contributed by atoms with Crippen molar-refractivity contribution in [3.05, 3.63) is 28.6 Å². The fourth-order valence-electron chi connectivity index (χ4n) is 1.39. The minimum Gasteiger partial charge on any atom is -0.296 e. The van der Waals surface area contributed by atoms with Crippen LogP contribution in [0.4, 0.5) is 5.13 Å². The normalized spacial score (nSPS) is 10.7. The zero-order valence-corrected chi connectivity index (χ0v) is 13.5. The predicted molar refractivity (Wildman–Crippen MR) is 85.1 cm³/mol. The van der Waals surface area contributed by atoms with Gasteiger partial charge >= 0.3 is 0 Å². The topological polar surface area (TPSA) is 67.8 Å². The van der Waals surface area contributed by atoms with E-state index in [1.54, 1.807) is 17.5 Å². The molecule has 0 aromatic carbocycles. The van der Waals surface area contributed by atoms with Gasteiger partial charge in [0, 0.05) is 0 Å². The van der Waals surface area contributed by atoms with Gasteiger partial charge in [0.05, 0.1) is 11.1 Å². The molecule has 102 valence electrons. The van der Waals surface area contributed by atoms with Gasteiger partial charge in [-0.3, -0.25) is 10.1 Å². The third kappa shape index (κ3) is 2.90. The number of thioether (sulfide) groups is 1. The summed E-state index contributed by atoms with van der Waals surface area (Å²) in [6, 6.07) is 3.95. The number of amides is 1. The Morgan fingerprint density at radius 1 is 1.35 bits per heavy atom. The molecule has 0 saturated carbocycles. The van der Waals surface area contributed by atoms with Crippen molar-refractivity contribution in [1.29, 1.82) is 0 Å². The summed E-state index contributed by atoms with van der Waals surface area (Å²) >= 11 is 5.83. The second kappa shape index (κ2) is 6.00. The van der Waals surface area contributed by atoms with Gasteiger partial charge in [0.25, 0.3) is 5.91 Å². The summed E-state index contributed by atoms with van der Waals surface area (Å²) in [6.45, 7) is 0. The van der Waals surface area contributed by atoms with Crippen molar-refractivity contribution in [2.75, 3.05) is 11.6 Å². The van der Waals surface area contributed by atoms with Gasteiger partial charge in [0.1, 0.15) is 9.88 Å². The highest BCUT2D eigenvalue weighted by molar-refractivity contribution is 8.00. The van der Waals surface area contributed by atoms with Crippen LogP contribution in [0.1, 0.15) is 9.67 Å². The predicted octanol–water partition coefficient (Wildman–Crippen LogP) is 3.70. The number of carbonyl (C=O) groups is 1. The summed E-state index contributed by atoms with van der Waals surface area (Å²) in [5.41, 5.74) is 0. The van der Waals surface area contributed by atoms with Crippen molar-refractivity contribution in [3.63, 3.8) is 0 Å². The molecule has 0 aliphatic heterocycles. The second-order valence-corrected chi connectivity index (χ2v) is 7.55. The van der Waals surface area contributed by atoms with Gasteiger partial charge in [-0.25, -0.2) is 4.98 Å². The minimum absolute atomic E-state index is 0.200. The van der Waals surface area contributed by atoms with Gasteiger partial charge in [-0.2, -0.15) is 0 Å². The molecule has 0 aliphatic rings. The lowest BCUT2D eigenvalue weighted by molar-refractivity contribution is 0.103. The van der Waals surface area contributed by atoms with Crippen LogP contribution in [0, 0.1) is 0 Å². The van der Waals surface area contributed by atoms with Gasteiger partial charge < -0.3 is 0 Å². The molecule has 0 fully saturated rings. The molecule has 5 nitrogen and oxygen atoms in total. The van der Waals surface area contributed by atoms with Gasteiger partial charge in [-0.15, -0.1) is 32.9 Å². The Labute approximate surface area is 131 Å². The van der Waals surface area contributed by atoms with Crippen LogP contribution >= 0.6 is 45.8 Å². The number of hydrogen-bond donors (Lipinski definition) is 1. The van der Waals surface area contributed by atoms with Crippen molar-refractivity contribution >= 4 is 56.8 Å². The summed E-state index contributed by atoms with van der Waals surface area (Å²) in [5.74, 6) is -0.200. The molecule has 0 bridgehead atoms. The third-order valence-corrected chi connectivity index (χ3v) is 6.11. The largest absolute Gasteiger partial charge is 0.296 e. The van der Waals surface area contributed by atoms with Crippen LogP contribution < -0.4 is 5.32 Å². The molecule has 0 radical (unpaired) electrons. The van der Waals surface area contributed by atoms with Crippen molar-refractivity contribution in [1.82, 2.24) is 15.2 Å². The number of thiazole rings is 1. The van der Waals surface area contributed by atoms with Crippen LogP contribution in [-0.4, -0.2) is 27.3 Å². The smallest absolute Gasteiger partial charge is 0.269 e. The van der Waals surface area contributed by atoms with Crippen LogP contribution in [0.15, 0.2) is 28.0 Å². The molecule has 20 heavy (non-hydrogen) atoms. The van der Waals surface area contributed by atoms with Gasteiger partial charge in [-0.05, 0) is 17.7 Å². The maximum atomic E-state index is 12.1. The van der Waals surface area contributed by atoms with E-state index in [2.05, 4.69) is 20.5 Å². The van der Waals surface area contributed by atoms with Gasteiger partial charge in [0.2, 0.25) is 5.13 Å². The SMILES string of the molecule is CSc1nnc(NC(=O)c2cnc(-c3cccs3)s2)s1. The first-order chi connectivity index (χ1) is 9.76. The lowest BCUT2D eigenvalue weighted by Gasteiger charge is -1.95. The molecule has 0 aliphatic carbocycles. The molecule has 1 amide bonds. The Bertz CT molecular complexity index is 718. The molecule has 9 heteroatoms. The standard InChI is InChI=1S/C11H8N4OS4/c1-17-11-15-14-10(20-11)13-8(16)7-5-12-9(19-7)6-3-2-4-18-6/h2-5H,1H3,(H,13,14,16). The summed E-state index contributed by atoms with van der Waals surface area (Å²) in [4.78, 5) is 18.0. The zero-order valence-electron chi connectivity index (χ0n) is 10.2. The van der Waals surface area contributed by atoms with E-state index in [0.717, 1.165) is 14.2 Å². The van der Waals surface area contributed by atoms with E-state index in [1.807, 2.05) is 23.8 Å². The molecule has 0 atom stereocenters. The number of anilines is 1. The lowest BCUT2D eigenvalue weighted by atomic mass is 10.5. The summed E-state index contributed by atoms with van der Waals surface area (Å²) in [7, 11) is 0. The van der Waals surface area contributed by atoms with E-state index in [-0.39, 0.29) is 5.91 Å². The number of thiophene rings is 1. The molecule has 0 spiro atoms. The Morgan fingerprint density at radius 3 is 2.95 bits per heavy atom. The Balaban J connectivity index is 1.74. The van der Waals surface area contributed by atoms with Crippen LogP contribution in [0.2, 0.25) is 0 Å². The first-order valence-electron chi connectivity index (χ1n) is 5.45. The molecule has 3 aromatic heterocycles. The van der Waals surface area contributed by atoms with Crippen LogP contribution in [-0.2, 0) is 0 Å². The van der Waals surface area contributed by atoms with Crippen LogP contribution in [0.25, 0.3) is 9.88 Å². The minimum atomic E-state index is -0.200. The zero-order chi connectivity index (χ0) is 13.9. The maximum Gasteiger partial charge on any atom is 0.269 e. The Kier molecular flexibility index (Phi) is 4.10. The molecule has 0 saturated heterocycles. The summed E-state index contributed by atoms with van der Waals surface area (Å²) in [5, 5.41) is 13.9. The molecule has 3 aromatic rings. The van der Waals surface area contributed by atoms with Crippen molar-refractivity contribution < 1.29 is 4.79 Å². The van der Waals surface area contributed by atoms with Crippen molar-refractivity contribution in [2.45, 2.75) is 4.34 Å². The second-order valence-electron chi connectivity index (χ2n) is 3.54. The summed E-state index contributed by atoms with van der Waals surface area (Å²) < 4.78 is 0.823. The van der Waals surface area contributed by atoms with E-state index in [1.165, 1.54) is 34.4 Å². The molecule has 3 rings (SSSR count). The highest BCUT2D eigenvalue weighted by Gasteiger charge is 2.14. The first kappa shape index (κ1) is 13.7. The number of nitrogens with zero attached hydrogens (tertiary/aromatic N) is 3. The summed E-state index contributed by atoms with van der Waals surface area (Å²) in [6.07, 6.45) is 3.51. The maximum absolute atomic E-state index is 12.1. The first-order valence-corrected chi connectivity index (χ1v) is 9.18. The van der Waals surface area contributed by atoms with E-state index in [4.69, 9.17) is 0 Å². The van der Waals surface area contributed by atoms with Crippen LogP contribution in [0.5, 0.6) is 0 Å². The van der Waals surface area contributed by atoms with Crippen LogP contribution in [0.3, 0.4) is 0 Å². The molecular formula is C11H8N4OS4. The van der Waals surface area contributed by atoms with Crippen molar-refractivity contribution in [3.8, 4) is 9.88 Å². The number of rotatable bonds is 4. The lowest BCUT2D eigenvalue weighted by Crippen LogP contribution is -2.09. The quantitative estimate of drug-likeness (QED) is 0.579. The molecule has 3 heterocycles. The van der Waals surface area contributed by atoms with E-state index in [9.17, 15) is 4.79 Å². The third-order valence-electron chi connectivity index (χ3n) is 2.26. The van der Waals surface area contributed by atoms with Gasteiger partial charge in [0.15, 0.2) is 4.34 Å². The average Bonchev–Trinajstić information content (AvgIpc) is 3.19. The molecule has 0 unspecified atom stereocenters. The molecule has 1 N–H and O–H groups in total. The van der Waals surface area contributed by atoms with Gasteiger partial charge in [-0.1, -0.05) is 29.2 Å². The Morgan fingerprint density at radius 2 is 2.25 bits per heavy atom. The number of aromatic nitrogens is 3. The van der Waals surface area contributed by atoms with E-state index in [0.29, 0.717) is 10.0 Å². The molecular weight excluding hydrogens is 332 g/mol. The Hall–Kier alpha value is -1.29. The number of hydrogen-bond acceptors (Lipinski definition) is 8. The number of nitrogens with one attached hydrogen (secondary N) is 1.